The van der Waals surface area contributed by atoms with Crippen molar-refractivity contribution >= 4 is 38.7 Å². The van der Waals surface area contributed by atoms with Crippen molar-refractivity contribution in [1.82, 2.24) is 14.5 Å². The number of pyridine rings is 1. The minimum atomic E-state index is 0.383. The van der Waals surface area contributed by atoms with Crippen molar-refractivity contribution in [1.29, 1.82) is 0 Å². The van der Waals surface area contributed by atoms with E-state index in [-0.39, 0.29) is 0 Å². The molecule has 0 aliphatic heterocycles. The molecule has 0 fully saturated rings. The molecule has 2 aromatic rings. The number of rotatable bonds is 5. The van der Waals surface area contributed by atoms with E-state index in [9.17, 15) is 0 Å². The largest absolute Gasteiger partial charge is 0.384 e. The van der Waals surface area contributed by atoms with Gasteiger partial charge in [0, 0.05) is 24.3 Å². The highest BCUT2D eigenvalue weighted by molar-refractivity contribution is 9.10. The molecule has 1 atom stereocenters. The molecule has 2 aromatic heterocycles. The number of hydrogen-bond donors (Lipinski definition) is 0. The summed E-state index contributed by atoms with van der Waals surface area (Å²) in [5.41, 5.74) is 1.74. The molecule has 98 valence electrons. The first kappa shape index (κ1) is 13.8. The Morgan fingerprint density at radius 3 is 3.00 bits per heavy atom. The summed E-state index contributed by atoms with van der Waals surface area (Å²) >= 11 is 9.35. The van der Waals surface area contributed by atoms with Crippen LogP contribution in [0, 0.1) is 5.92 Å². The molecule has 0 saturated heterocycles. The van der Waals surface area contributed by atoms with Gasteiger partial charge in [-0.25, -0.2) is 9.97 Å². The van der Waals surface area contributed by atoms with Gasteiger partial charge in [0.2, 0.25) is 0 Å². The fourth-order valence-electron chi connectivity index (χ4n) is 1.98. The molecule has 6 heteroatoms. The minimum absolute atomic E-state index is 0.383. The normalized spacial score (nSPS) is 13.1. The fourth-order valence-corrected chi connectivity index (χ4v) is 2.50. The van der Waals surface area contributed by atoms with E-state index in [4.69, 9.17) is 16.3 Å². The Balaban J connectivity index is 2.40. The van der Waals surface area contributed by atoms with Crippen molar-refractivity contribution < 1.29 is 4.74 Å². The molecular formula is C12H15BrClN3O. The Bertz CT molecular complexity index is 543. The molecule has 4 nitrogen and oxygen atoms in total. The maximum atomic E-state index is 5.95. The van der Waals surface area contributed by atoms with Crippen LogP contribution < -0.4 is 0 Å². The topological polar surface area (TPSA) is 39.9 Å². The molecule has 0 aromatic carbocycles. The average molecular weight is 333 g/mol. The Morgan fingerprint density at radius 1 is 1.56 bits per heavy atom. The summed E-state index contributed by atoms with van der Waals surface area (Å²) in [6, 6.07) is 1.95. The molecule has 2 rings (SSSR count). The van der Waals surface area contributed by atoms with Crippen LogP contribution in [-0.2, 0) is 17.2 Å². The Hall–Kier alpha value is -0.650. The van der Waals surface area contributed by atoms with Crippen LogP contribution in [0.5, 0.6) is 0 Å². The van der Waals surface area contributed by atoms with Crippen LogP contribution in [0.25, 0.3) is 11.2 Å². The highest BCUT2D eigenvalue weighted by atomic mass is 79.9. The summed E-state index contributed by atoms with van der Waals surface area (Å²) in [5, 5.41) is 0. The Kier molecular flexibility index (Phi) is 4.59. The predicted molar refractivity (Wildman–Crippen MR) is 75.8 cm³/mol. The van der Waals surface area contributed by atoms with Gasteiger partial charge in [-0.05, 0) is 27.9 Å². The zero-order valence-electron chi connectivity index (χ0n) is 10.4. The minimum Gasteiger partial charge on any atom is -0.384 e. The van der Waals surface area contributed by atoms with E-state index in [1.165, 1.54) is 0 Å². The number of methoxy groups -OCH3 is 1. The second-order valence-electron chi connectivity index (χ2n) is 4.33. The zero-order valence-corrected chi connectivity index (χ0v) is 12.7. The first-order valence-corrected chi connectivity index (χ1v) is 7.04. The Labute approximate surface area is 119 Å². The third-order valence-corrected chi connectivity index (χ3v) is 3.37. The highest BCUT2D eigenvalue weighted by Crippen LogP contribution is 2.20. The summed E-state index contributed by atoms with van der Waals surface area (Å²) in [6.07, 6.45) is 1.78. The number of ether oxygens (including phenoxy) is 1. The van der Waals surface area contributed by atoms with Gasteiger partial charge in [-0.15, -0.1) is 11.6 Å². The molecule has 0 spiro atoms. The van der Waals surface area contributed by atoms with Crippen molar-refractivity contribution in [2.24, 2.45) is 5.92 Å². The van der Waals surface area contributed by atoms with Gasteiger partial charge in [0.25, 0.3) is 0 Å². The zero-order chi connectivity index (χ0) is 13.1. The van der Waals surface area contributed by atoms with Crippen LogP contribution in [0.2, 0.25) is 0 Å². The monoisotopic (exact) mass is 331 g/mol. The van der Waals surface area contributed by atoms with Gasteiger partial charge < -0.3 is 9.30 Å². The van der Waals surface area contributed by atoms with Crippen LogP contribution in [0.3, 0.4) is 0 Å². The number of hydrogen-bond acceptors (Lipinski definition) is 3. The Morgan fingerprint density at radius 2 is 2.33 bits per heavy atom. The first-order chi connectivity index (χ1) is 8.65. The molecule has 0 radical (unpaired) electrons. The van der Waals surface area contributed by atoms with Crippen LogP contribution in [-0.4, -0.2) is 28.3 Å². The van der Waals surface area contributed by atoms with E-state index in [2.05, 4.69) is 37.4 Å². The maximum Gasteiger partial charge on any atom is 0.160 e. The second kappa shape index (κ2) is 5.99. The number of aromatic nitrogens is 3. The summed E-state index contributed by atoms with van der Waals surface area (Å²) in [4.78, 5) is 8.92. The maximum absolute atomic E-state index is 5.95. The number of imidazole rings is 1. The van der Waals surface area contributed by atoms with Crippen LogP contribution in [0.1, 0.15) is 12.7 Å². The van der Waals surface area contributed by atoms with Crippen molar-refractivity contribution in [3.8, 4) is 0 Å². The summed E-state index contributed by atoms with van der Waals surface area (Å²) in [6.45, 7) is 3.64. The third-order valence-electron chi connectivity index (χ3n) is 2.70. The van der Waals surface area contributed by atoms with Crippen molar-refractivity contribution in [2.75, 3.05) is 13.7 Å². The molecule has 1 unspecified atom stereocenters. The van der Waals surface area contributed by atoms with E-state index in [1.807, 2.05) is 6.07 Å². The molecule has 0 amide bonds. The quantitative estimate of drug-likeness (QED) is 0.789. The predicted octanol–water partition coefficient (Wildman–Crippen LogP) is 3.22. The van der Waals surface area contributed by atoms with E-state index < -0.39 is 0 Å². The van der Waals surface area contributed by atoms with Crippen molar-refractivity contribution in [3.05, 3.63) is 22.6 Å². The molecule has 0 N–H and O–H groups in total. The van der Waals surface area contributed by atoms with Crippen LogP contribution in [0.4, 0.5) is 0 Å². The summed E-state index contributed by atoms with van der Waals surface area (Å²) in [7, 11) is 1.71. The lowest BCUT2D eigenvalue weighted by Crippen LogP contribution is -2.14. The summed E-state index contributed by atoms with van der Waals surface area (Å²) < 4.78 is 8.15. The van der Waals surface area contributed by atoms with Crippen molar-refractivity contribution in [2.45, 2.75) is 19.3 Å². The smallest absolute Gasteiger partial charge is 0.160 e. The summed E-state index contributed by atoms with van der Waals surface area (Å²) in [5.74, 6) is 1.62. The molecule has 0 aliphatic carbocycles. The number of fused-ring (bicyclic) bond motifs is 1. The van der Waals surface area contributed by atoms with Gasteiger partial charge in [-0.2, -0.15) is 0 Å². The van der Waals surface area contributed by atoms with E-state index in [1.54, 1.807) is 13.3 Å². The SMILES string of the molecule is COCC(C)Cn1c(CCl)nc2cc(Br)cnc21. The van der Waals surface area contributed by atoms with E-state index in [0.717, 1.165) is 28.0 Å². The van der Waals surface area contributed by atoms with Gasteiger partial charge in [-0.3, -0.25) is 0 Å². The molecule has 0 aliphatic rings. The number of halogens is 2. The highest BCUT2D eigenvalue weighted by Gasteiger charge is 2.14. The van der Waals surface area contributed by atoms with E-state index in [0.29, 0.717) is 18.4 Å². The molecule has 2 heterocycles. The van der Waals surface area contributed by atoms with Crippen molar-refractivity contribution in [3.63, 3.8) is 0 Å². The van der Waals surface area contributed by atoms with Crippen LogP contribution >= 0.6 is 27.5 Å². The number of nitrogens with zero attached hydrogens (tertiary/aromatic N) is 3. The molecule has 18 heavy (non-hydrogen) atoms. The third kappa shape index (κ3) is 2.84. The molecule has 0 bridgehead atoms. The van der Waals surface area contributed by atoms with Gasteiger partial charge >= 0.3 is 0 Å². The van der Waals surface area contributed by atoms with Gasteiger partial charge in [0.1, 0.15) is 11.3 Å². The molecule has 0 saturated carbocycles. The second-order valence-corrected chi connectivity index (χ2v) is 5.51. The molecular weight excluding hydrogens is 318 g/mol. The lowest BCUT2D eigenvalue weighted by Gasteiger charge is -2.13. The van der Waals surface area contributed by atoms with E-state index >= 15 is 0 Å². The van der Waals surface area contributed by atoms with Crippen LogP contribution in [0.15, 0.2) is 16.7 Å². The standard InChI is InChI=1S/C12H15BrClN3O/c1-8(7-18-2)6-17-11(4-14)16-10-3-9(13)5-15-12(10)17/h3,5,8H,4,6-7H2,1-2H3. The number of alkyl halides is 1. The average Bonchev–Trinajstić information content (AvgIpc) is 2.66. The fraction of sp³-hybridized carbons (Fsp3) is 0.500. The lowest BCUT2D eigenvalue weighted by atomic mass is 10.2. The van der Waals surface area contributed by atoms with Gasteiger partial charge in [0.05, 0.1) is 12.5 Å². The first-order valence-electron chi connectivity index (χ1n) is 5.71. The lowest BCUT2D eigenvalue weighted by molar-refractivity contribution is 0.151. The van der Waals surface area contributed by atoms with Gasteiger partial charge in [-0.1, -0.05) is 6.92 Å². The van der Waals surface area contributed by atoms with Gasteiger partial charge in [0.15, 0.2) is 5.65 Å².